The molecule has 0 radical (unpaired) electrons. The molecule has 6 heteroatoms. The van der Waals surface area contributed by atoms with Crippen molar-refractivity contribution >= 4 is 38.3 Å². The Balaban J connectivity index is 1.71. The zero-order chi connectivity index (χ0) is 21.8. The lowest BCUT2D eigenvalue weighted by molar-refractivity contribution is 0.0985. The normalized spacial score (nSPS) is 10.8. The highest BCUT2D eigenvalue weighted by Crippen LogP contribution is 2.33. The van der Waals surface area contributed by atoms with Gasteiger partial charge in [-0.2, -0.15) is 0 Å². The van der Waals surface area contributed by atoms with Gasteiger partial charge < -0.3 is 9.64 Å². The molecule has 0 fully saturated rings. The highest BCUT2D eigenvalue weighted by molar-refractivity contribution is 7.22. The van der Waals surface area contributed by atoms with Gasteiger partial charge in [0.15, 0.2) is 5.13 Å². The fourth-order valence-electron chi connectivity index (χ4n) is 3.31. The minimum absolute atomic E-state index is 0.0711. The molecule has 158 valence electrons. The SMILES string of the molecule is CCOc1ccc2nc(N(Cc3ccccc3)C(=O)c3ccc(N(C)C)cc3)sc2c1. The predicted molar refractivity (Wildman–Crippen MR) is 129 cm³/mol. The Morgan fingerprint density at radius 3 is 2.42 bits per heavy atom. The van der Waals surface area contributed by atoms with Crippen molar-refractivity contribution in [3.63, 3.8) is 0 Å². The Kier molecular flexibility index (Phi) is 6.18. The average Bonchev–Trinajstić information content (AvgIpc) is 3.21. The highest BCUT2D eigenvalue weighted by atomic mass is 32.1. The number of nitrogens with zero attached hydrogens (tertiary/aromatic N) is 3. The minimum atomic E-state index is -0.0711. The van der Waals surface area contributed by atoms with E-state index in [4.69, 9.17) is 9.72 Å². The Morgan fingerprint density at radius 2 is 1.74 bits per heavy atom. The van der Waals surface area contributed by atoms with Crippen molar-refractivity contribution in [1.29, 1.82) is 0 Å². The topological polar surface area (TPSA) is 45.7 Å². The molecule has 0 bridgehead atoms. The summed E-state index contributed by atoms with van der Waals surface area (Å²) in [4.78, 5) is 22.1. The van der Waals surface area contributed by atoms with E-state index in [9.17, 15) is 4.79 Å². The Hall–Kier alpha value is -3.38. The van der Waals surface area contributed by atoms with E-state index in [0.717, 1.165) is 27.2 Å². The summed E-state index contributed by atoms with van der Waals surface area (Å²) in [6.07, 6.45) is 0. The number of aromatic nitrogens is 1. The first-order chi connectivity index (χ1) is 15.0. The zero-order valence-corrected chi connectivity index (χ0v) is 18.7. The molecule has 0 saturated heterocycles. The van der Waals surface area contributed by atoms with Crippen LogP contribution in [0.3, 0.4) is 0 Å². The third-order valence-electron chi connectivity index (χ3n) is 4.95. The van der Waals surface area contributed by atoms with E-state index in [-0.39, 0.29) is 5.91 Å². The van der Waals surface area contributed by atoms with Crippen LogP contribution in [0.25, 0.3) is 10.2 Å². The van der Waals surface area contributed by atoms with Crippen molar-refractivity contribution in [2.24, 2.45) is 0 Å². The second-order valence-corrected chi connectivity index (χ2v) is 8.39. The van der Waals surface area contributed by atoms with Crippen LogP contribution in [-0.4, -0.2) is 31.6 Å². The first-order valence-electron chi connectivity index (χ1n) is 10.2. The molecular formula is C25H25N3O2S. The van der Waals surface area contributed by atoms with E-state index in [1.165, 1.54) is 11.3 Å². The van der Waals surface area contributed by atoms with E-state index in [1.54, 1.807) is 4.90 Å². The van der Waals surface area contributed by atoms with Gasteiger partial charge in [-0.25, -0.2) is 4.98 Å². The van der Waals surface area contributed by atoms with Crippen molar-refractivity contribution in [3.05, 3.63) is 83.9 Å². The van der Waals surface area contributed by atoms with Crippen LogP contribution in [-0.2, 0) is 6.54 Å². The second kappa shape index (κ2) is 9.18. The number of carbonyl (C=O) groups excluding carboxylic acids is 1. The van der Waals surface area contributed by atoms with Crippen molar-refractivity contribution in [2.45, 2.75) is 13.5 Å². The molecule has 0 aliphatic rings. The van der Waals surface area contributed by atoms with Crippen LogP contribution in [0.5, 0.6) is 5.75 Å². The van der Waals surface area contributed by atoms with Crippen LogP contribution < -0.4 is 14.5 Å². The van der Waals surface area contributed by atoms with Crippen LogP contribution in [0.4, 0.5) is 10.8 Å². The van der Waals surface area contributed by atoms with Crippen LogP contribution in [0.1, 0.15) is 22.8 Å². The summed E-state index contributed by atoms with van der Waals surface area (Å²) in [5.74, 6) is 0.739. The summed E-state index contributed by atoms with van der Waals surface area (Å²) < 4.78 is 6.62. The van der Waals surface area contributed by atoms with Gasteiger partial charge in [0.25, 0.3) is 5.91 Å². The number of carbonyl (C=O) groups is 1. The molecule has 5 nitrogen and oxygen atoms in total. The number of benzene rings is 3. The van der Waals surface area contributed by atoms with E-state index < -0.39 is 0 Å². The maximum Gasteiger partial charge on any atom is 0.260 e. The van der Waals surface area contributed by atoms with Gasteiger partial charge in [-0.1, -0.05) is 41.7 Å². The highest BCUT2D eigenvalue weighted by Gasteiger charge is 2.22. The van der Waals surface area contributed by atoms with Gasteiger partial charge in [0.2, 0.25) is 0 Å². The fraction of sp³-hybridized carbons (Fsp3) is 0.200. The molecule has 0 spiro atoms. The van der Waals surface area contributed by atoms with E-state index in [1.807, 2.05) is 98.7 Å². The number of fused-ring (bicyclic) bond motifs is 1. The third kappa shape index (κ3) is 4.70. The molecular weight excluding hydrogens is 406 g/mol. The van der Waals surface area contributed by atoms with Crippen molar-refractivity contribution in [2.75, 3.05) is 30.5 Å². The van der Waals surface area contributed by atoms with E-state index >= 15 is 0 Å². The molecule has 0 atom stereocenters. The Morgan fingerprint density at radius 1 is 1.00 bits per heavy atom. The molecule has 0 saturated carbocycles. The second-order valence-electron chi connectivity index (χ2n) is 7.38. The fourth-order valence-corrected chi connectivity index (χ4v) is 4.31. The molecule has 1 heterocycles. The van der Waals surface area contributed by atoms with Gasteiger partial charge in [-0.05, 0) is 55.0 Å². The van der Waals surface area contributed by atoms with Gasteiger partial charge in [0, 0.05) is 25.3 Å². The first kappa shape index (κ1) is 20.9. The molecule has 1 aromatic heterocycles. The lowest BCUT2D eigenvalue weighted by Crippen LogP contribution is -2.30. The summed E-state index contributed by atoms with van der Waals surface area (Å²) in [5, 5.41) is 0.675. The number of hydrogen-bond acceptors (Lipinski definition) is 5. The standard InChI is InChI=1S/C25H25N3O2S/c1-4-30-21-14-15-22-23(16-21)31-25(26-22)28(17-18-8-6-5-7-9-18)24(29)19-10-12-20(13-11-19)27(2)3/h5-16H,4,17H2,1-3H3. The molecule has 0 aliphatic heterocycles. The lowest BCUT2D eigenvalue weighted by Gasteiger charge is -2.21. The largest absolute Gasteiger partial charge is 0.494 e. The molecule has 4 aromatic rings. The van der Waals surface area contributed by atoms with Crippen molar-refractivity contribution in [3.8, 4) is 5.75 Å². The van der Waals surface area contributed by atoms with Gasteiger partial charge in [-0.15, -0.1) is 0 Å². The summed E-state index contributed by atoms with van der Waals surface area (Å²) in [5.41, 5.74) is 3.60. The molecule has 31 heavy (non-hydrogen) atoms. The van der Waals surface area contributed by atoms with Crippen molar-refractivity contribution in [1.82, 2.24) is 4.98 Å². The number of anilines is 2. The summed E-state index contributed by atoms with van der Waals surface area (Å²) in [6, 6.07) is 23.5. The van der Waals surface area contributed by atoms with Gasteiger partial charge in [-0.3, -0.25) is 9.69 Å². The first-order valence-corrected chi connectivity index (χ1v) is 11.0. The summed E-state index contributed by atoms with van der Waals surface area (Å²) in [6.45, 7) is 3.02. The maximum absolute atomic E-state index is 13.5. The predicted octanol–water partition coefficient (Wildman–Crippen LogP) is 5.61. The van der Waals surface area contributed by atoms with Crippen LogP contribution in [0, 0.1) is 0 Å². The van der Waals surface area contributed by atoms with Crippen LogP contribution in [0.2, 0.25) is 0 Å². The number of rotatable bonds is 7. The number of hydrogen-bond donors (Lipinski definition) is 0. The summed E-state index contributed by atoms with van der Waals surface area (Å²) in [7, 11) is 3.96. The number of thiazole rings is 1. The molecule has 4 rings (SSSR count). The number of ether oxygens (including phenoxy) is 1. The summed E-state index contributed by atoms with van der Waals surface area (Å²) >= 11 is 1.50. The van der Waals surface area contributed by atoms with Crippen LogP contribution in [0.15, 0.2) is 72.8 Å². The van der Waals surface area contributed by atoms with E-state index in [0.29, 0.717) is 23.8 Å². The van der Waals surface area contributed by atoms with Gasteiger partial charge in [0.1, 0.15) is 5.75 Å². The molecule has 1 amide bonds. The monoisotopic (exact) mass is 431 g/mol. The van der Waals surface area contributed by atoms with Gasteiger partial charge >= 0.3 is 0 Å². The number of amides is 1. The Bertz CT molecular complexity index is 1170. The lowest BCUT2D eigenvalue weighted by atomic mass is 10.1. The average molecular weight is 432 g/mol. The van der Waals surface area contributed by atoms with E-state index in [2.05, 4.69) is 0 Å². The Labute approximate surface area is 186 Å². The molecule has 0 aliphatic carbocycles. The third-order valence-corrected chi connectivity index (χ3v) is 5.99. The molecule has 0 N–H and O–H groups in total. The smallest absolute Gasteiger partial charge is 0.260 e. The quantitative estimate of drug-likeness (QED) is 0.382. The zero-order valence-electron chi connectivity index (χ0n) is 17.9. The minimum Gasteiger partial charge on any atom is -0.494 e. The maximum atomic E-state index is 13.5. The van der Waals surface area contributed by atoms with Gasteiger partial charge in [0.05, 0.1) is 23.4 Å². The molecule has 3 aromatic carbocycles. The molecule has 0 unspecified atom stereocenters. The van der Waals surface area contributed by atoms with Crippen LogP contribution >= 0.6 is 11.3 Å². The van der Waals surface area contributed by atoms with Crippen molar-refractivity contribution < 1.29 is 9.53 Å².